The lowest BCUT2D eigenvalue weighted by molar-refractivity contribution is 0.114. The summed E-state index contributed by atoms with van der Waals surface area (Å²) in [6.45, 7) is 0. The molecular formula is C7H8ClN3O2. The molecule has 1 aromatic heterocycles. The molecule has 0 radical (unpaired) electrons. The SMILES string of the molecule is CONC(=O)Nc1ccc(Cl)nc1. The predicted octanol–water partition coefficient (Wildman–Crippen LogP) is 1.42. The van der Waals surface area contributed by atoms with Crippen LogP contribution >= 0.6 is 11.6 Å². The second-order valence-electron chi connectivity index (χ2n) is 2.13. The van der Waals surface area contributed by atoms with Crippen molar-refractivity contribution < 1.29 is 9.63 Å². The van der Waals surface area contributed by atoms with Gasteiger partial charge in [-0.1, -0.05) is 11.6 Å². The van der Waals surface area contributed by atoms with Crippen LogP contribution in [0.4, 0.5) is 10.5 Å². The zero-order valence-corrected chi connectivity index (χ0v) is 7.63. The number of hydrogen-bond acceptors (Lipinski definition) is 3. The van der Waals surface area contributed by atoms with Crippen molar-refractivity contribution in [3.63, 3.8) is 0 Å². The first kappa shape index (κ1) is 9.76. The second kappa shape index (κ2) is 4.64. The van der Waals surface area contributed by atoms with Crippen LogP contribution in [0.25, 0.3) is 0 Å². The molecule has 0 aromatic carbocycles. The fraction of sp³-hybridized carbons (Fsp3) is 0.143. The molecule has 13 heavy (non-hydrogen) atoms. The van der Waals surface area contributed by atoms with Crippen molar-refractivity contribution in [1.29, 1.82) is 0 Å². The van der Waals surface area contributed by atoms with Crippen molar-refractivity contribution in [3.8, 4) is 0 Å². The summed E-state index contributed by atoms with van der Waals surface area (Å²) >= 11 is 5.55. The van der Waals surface area contributed by atoms with E-state index >= 15 is 0 Å². The Balaban J connectivity index is 2.54. The van der Waals surface area contributed by atoms with E-state index in [9.17, 15) is 4.79 Å². The van der Waals surface area contributed by atoms with Crippen LogP contribution < -0.4 is 10.8 Å². The molecule has 6 heteroatoms. The number of anilines is 1. The van der Waals surface area contributed by atoms with Crippen molar-refractivity contribution in [3.05, 3.63) is 23.5 Å². The first-order valence-corrected chi connectivity index (χ1v) is 3.81. The van der Waals surface area contributed by atoms with E-state index in [-0.39, 0.29) is 0 Å². The molecule has 0 atom stereocenters. The van der Waals surface area contributed by atoms with E-state index in [4.69, 9.17) is 11.6 Å². The summed E-state index contributed by atoms with van der Waals surface area (Å²) in [5.41, 5.74) is 2.64. The summed E-state index contributed by atoms with van der Waals surface area (Å²) in [7, 11) is 1.35. The van der Waals surface area contributed by atoms with E-state index in [1.54, 1.807) is 12.1 Å². The molecule has 5 nitrogen and oxygen atoms in total. The standard InChI is InChI=1S/C7H8ClN3O2/c1-13-11-7(12)10-5-2-3-6(8)9-4-5/h2-4H,1H3,(H2,10,11,12). The van der Waals surface area contributed by atoms with Crippen LogP contribution in [-0.2, 0) is 4.84 Å². The lowest BCUT2D eigenvalue weighted by atomic mass is 10.4. The number of rotatable bonds is 2. The summed E-state index contributed by atoms with van der Waals surface area (Å²) in [5.74, 6) is 0. The van der Waals surface area contributed by atoms with Gasteiger partial charge in [0, 0.05) is 0 Å². The average Bonchev–Trinajstić information content (AvgIpc) is 2.09. The number of amides is 2. The summed E-state index contributed by atoms with van der Waals surface area (Å²) < 4.78 is 0. The molecule has 0 spiro atoms. The number of aromatic nitrogens is 1. The van der Waals surface area contributed by atoms with E-state index in [2.05, 4.69) is 20.6 Å². The number of hydroxylamine groups is 1. The van der Waals surface area contributed by atoms with Crippen LogP contribution in [0.3, 0.4) is 0 Å². The molecule has 0 aliphatic carbocycles. The largest absolute Gasteiger partial charge is 0.343 e. The highest BCUT2D eigenvalue weighted by molar-refractivity contribution is 6.29. The molecule has 1 heterocycles. The van der Waals surface area contributed by atoms with E-state index in [0.29, 0.717) is 10.8 Å². The number of halogens is 1. The van der Waals surface area contributed by atoms with Gasteiger partial charge in [-0.3, -0.25) is 4.84 Å². The Morgan fingerprint density at radius 2 is 2.38 bits per heavy atom. The highest BCUT2D eigenvalue weighted by atomic mass is 35.5. The maximum atomic E-state index is 10.9. The van der Waals surface area contributed by atoms with Gasteiger partial charge in [0.2, 0.25) is 0 Å². The Hall–Kier alpha value is -1.33. The molecule has 0 aliphatic rings. The Labute approximate surface area is 80.0 Å². The van der Waals surface area contributed by atoms with Crippen molar-refractivity contribution in [2.75, 3.05) is 12.4 Å². The van der Waals surface area contributed by atoms with Gasteiger partial charge < -0.3 is 5.32 Å². The van der Waals surface area contributed by atoms with Crippen LogP contribution in [0, 0.1) is 0 Å². The lowest BCUT2D eigenvalue weighted by Crippen LogP contribution is -2.27. The van der Waals surface area contributed by atoms with Crippen LogP contribution in [-0.4, -0.2) is 18.1 Å². The normalized spacial score (nSPS) is 9.38. The van der Waals surface area contributed by atoms with Crippen LogP contribution in [0.5, 0.6) is 0 Å². The number of hydrogen-bond donors (Lipinski definition) is 2. The van der Waals surface area contributed by atoms with E-state index in [0.717, 1.165) is 0 Å². The first-order valence-electron chi connectivity index (χ1n) is 3.44. The number of nitrogens with one attached hydrogen (secondary N) is 2. The molecular weight excluding hydrogens is 194 g/mol. The van der Waals surface area contributed by atoms with Crippen molar-refractivity contribution in [2.24, 2.45) is 0 Å². The monoisotopic (exact) mass is 201 g/mol. The van der Waals surface area contributed by atoms with Gasteiger partial charge in [-0.05, 0) is 12.1 Å². The van der Waals surface area contributed by atoms with Crippen molar-refractivity contribution in [1.82, 2.24) is 10.5 Å². The first-order chi connectivity index (χ1) is 6.22. The van der Waals surface area contributed by atoms with Gasteiger partial charge in [0.1, 0.15) is 5.15 Å². The van der Waals surface area contributed by atoms with Gasteiger partial charge in [-0.25, -0.2) is 15.3 Å². The van der Waals surface area contributed by atoms with Crippen molar-refractivity contribution >= 4 is 23.3 Å². The zero-order chi connectivity index (χ0) is 9.68. The molecule has 0 aliphatic heterocycles. The fourth-order valence-electron chi connectivity index (χ4n) is 0.699. The van der Waals surface area contributed by atoms with Crippen molar-refractivity contribution in [2.45, 2.75) is 0 Å². The van der Waals surface area contributed by atoms with Gasteiger partial charge >= 0.3 is 6.03 Å². The molecule has 0 fully saturated rings. The van der Waals surface area contributed by atoms with E-state index in [1.807, 2.05) is 0 Å². The Bertz CT molecular complexity index is 288. The molecule has 70 valence electrons. The number of carbonyl (C=O) groups excluding carboxylic acids is 1. The maximum absolute atomic E-state index is 10.9. The minimum absolute atomic E-state index is 0.373. The van der Waals surface area contributed by atoms with Crippen LogP contribution in [0.15, 0.2) is 18.3 Å². The number of pyridine rings is 1. The Morgan fingerprint density at radius 1 is 1.62 bits per heavy atom. The zero-order valence-electron chi connectivity index (χ0n) is 6.87. The molecule has 0 bridgehead atoms. The van der Waals surface area contributed by atoms with Gasteiger partial charge in [-0.15, -0.1) is 0 Å². The number of nitrogens with zero attached hydrogens (tertiary/aromatic N) is 1. The average molecular weight is 202 g/mol. The third-order valence-corrected chi connectivity index (χ3v) is 1.40. The summed E-state index contributed by atoms with van der Waals surface area (Å²) in [4.78, 5) is 19.1. The maximum Gasteiger partial charge on any atom is 0.343 e. The molecule has 1 aromatic rings. The lowest BCUT2D eigenvalue weighted by Gasteiger charge is -2.04. The third kappa shape index (κ3) is 3.27. The Kier molecular flexibility index (Phi) is 3.48. The summed E-state index contributed by atoms with van der Waals surface area (Å²) in [5, 5.41) is 2.85. The number of carbonyl (C=O) groups is 1. The second-order valence-corrected chi connectivity index (χ2v) is 2.52. The quantitative estimate of drug-likeness (QED) is 0.562. The third-order valence-electron chi connectivity index (χ3n) is 1.18. The molecule has 2 N–H and O–H groups in total. The molecule has 0 unspecified atom stereocenters. The topological polar surface area (TPSA) is 63.2 Å². The highest BCUT2D eigenvalue weighted by Crippen LogP contribution is 2.08. The van der Waals surface area contributed by atoms with Gasteiger partial charge in [0.15, 0.2) is 0 Å². The number of urea groups is 1. The van der Waals surface area contributed by atoms with Crippen LogP contribution in [0.1, 0.15) is 0 Å². The smallest absolute Gasteiger partial charge is 0.305 e. The molecule has 1 rings (SSSR count). The predicted molar refractivity (Wildman–Crippen MR) is 48.4 cm³/mol. The highest BCUT2D eigenvalue weighted by Gasteiger charge is 1.99. The molecule has 0 saturated carbocycles. The fourth-order valence-corrected chi connectivity index (χ4v) is 0.811. The van der Waals surface area contributed by atoms with Crippen LogP contribution in [0.2, 0.25) is 5.15 Å². The van der Waals surface area contributed by atoms with Gasteiger partial charge in [0.05, 0.1) is 19.0 Å². The summed E-state index contributed by atoms with van der Waals surface area (Å²) in [6.07, 6.45) is 1.44. The molecule has 0 saturated heterocycles. The van der Waals surface area contributed by atoms with E-state index < -0.39 is 6.03 Å². The van der Waals surface area contributed by atoms with E-state index in [1.165, 1.54) is 13.3 Å². The summed E-state index contributed by atoms with van der Waals surface area (Å²) in [6, 6.07) is 2.74. The molecule has 2 amide bonds. The minimum atomic E-state index is -0.466. The minimum Gasteiger partial charge on any atom is -0.305 e. The Morgan fingerprint density at radius 3 is 2.92 bits per heavy atom. The van der Waals surface area contributed by atoms with Gasteiger partial charge in [-0.2, -0.15) is 0 Å². The van der Waals surface area contributed by atoms with Gasteiger partial charge in [0.25, 0.3) is 0 Å².